The van der Waals surface area contributed by atoms with Gasteiger partial charge in [0.15, 0.2) is 31.2 Å². The number of amides is 1. The number of nitrogens with zero attached hydrogens (tertiary/aromatic N) is 3. The third kappa shape index (κ3) is 8.15. The Hall–Kier alpha value is -5.35. The van der Waals surface area contributed by atoms with Crippen LogP contribution in [0.15, 0.2) is 76.5 Å². The van der Waals surface area contributed by atoms with E-state index in [0.717, 1.165) is 11.1 Å². The fourth-order valence-electron chi connectivity index (χ4n) is 9.73. The van der Waals surface area contributed by atoms with Crippen molar-refractivity contribution < 1.29 is 47.0 Å². The molecule has 3 aromatic carbocycles. The van der Waals surface area contributed by atoms with Crippen LogP contribution in [0.5, 0.6) is 11.6 Å². The van der Waals surface area contributed by atoms with Crippen LogP contribution in [0.1, 0.15) is 117 Å². The molecule has 1 aromatic heterocycles. The van der Waals surface area contributed by atoms with Crippen molar-refractivity contribution in [3.63, 3.8) is 0 Å². The summed E-state index contributed by atoms with van der Waals surface area (Å²) in [5, 5.41) is 20.5. The van der Waals surface area contributed by atoms with E-state index in [0.29, 0.717) is 0 Å². The molecular formula is C51H63FN4O9Si. The summed E-state index contributed by atoms with van der Waals surface area (Å²) in [4.78, 5) is 49.3. The number of aromatic nitrogens is 1. The van der Waals surface area contributed by atoms with Gasteiger partial charge in [-0.1, -0.05) is 81.4 Å². The van der Waals surface area contributed by atoms with Gasteiger partial charge in [-0.15, -0.1) is 0 Å². The summed E-state index contributed by atoms with van der Waals surface area (Å²) in [6.07, 6.45) is -0.625. The van der Waals surface area contributed by atoms with Crippen molar-refractivity contribution in [3.8, 4) is 11.6 Å². The van der Waals surface area contributed by atoms with Gasteiger partial charge in [-0.25, -0.2) is 9.18 Å². The minimum absolute atomic E-state index is 0.0140. The number of ether oxygens (including phenoxy) is 3. The van der Waals surface area contributed by atoms with Crippen molar-refractivity contribution in [2.45, 2.75) is 129 Å². The molecule has 4 aliphatic rings. The zero-order valence-corrected chi connectivity index (χ0v) is 41.2. The summed E-state index contributed by atoms with van der Waals surface area (Å²) in [5.41, 5.74) is -1.98. The first-order valence-corrected chi connectivity index (χ1v) is 25.6. The fraction of sp³-hybridized carbons (Fsp3) is 0.490. The molecule has 0 saturated heterocycles. The number of carbonyl (C=O) groups is 3. The second-order valence-electron chi connectivity index (χ2n) is 21.6. The number of benzene rings is 3. The summed E-state index contributed by atoms with van der Waals surface area (Å²) in [7, 11) is 0.665. The quantitative estimate of drug-likeness (QED) is 0.154. The zero-order valence-electron chi connectivity index (χ0n) is 40.2. The number of aliphatic hydroxyl groups excluding tert-OH is 1. The van der Waals surface area contributed by atoms with Crippen LogP contribution in [0.4, 0.5) is 14.9 Å². The number of carbonyl (C=O) groups excluding carboxylic acids is 3. The third-order valence-electron chi connectivity index (χ3n) is 13.9. The van der Waals surface area contributed by atoms with E-state index in [1.54, 1.807) is 20.8 Å². The standard InChI is InChI=1S/C51H63FN4O9Si/c1-48(2,3)63-47(60)56-28-50(7,8)53-25-33-38(52)32-23-31-24-34-40(55(9)10)43-37(46(54-64-43)62-27-30-21-17-14-18-22-30)45(59)51(34,65-66(11,12)49(4,5)6)44(58)35(31)41(57)36(32)42(39(33)56)61-26-29-19-15-13-16-20-29/h13-22,31,34,40,53,58H,23-28H2,1-12H3/t31-,34-,40-,51-/m0/s1. The molecule has 0 saturated carbocycles. The van der Waals surface area contributed by atoms with Crippen LogP contribution in [0, 0.1) is 17.7 Å². The van der Waals surface area contributed by atoms with E-state index in [1.165, 1.54) is 4.90 Å². The average Bonchev–Trinajstić information content (AvgIpc) is 3.58. The minimum Gasteiger partial charge on any atom is -0.508 e. The van der Waals surface area contributed by atoms with Gasteiger partial charge in [0.05, 0.1) is 17.3 Å². The van der Waals surface area contributed by atoms with E-state index in [1.807, 2.05) is 127 Å². The molecule has 8 rings (SSSR count). The Morgan fingerprint density at radius 3 is 2.14 bits per heavy atom. The van der Waals surface area contributed by atoms with Crippen LogP contribution >= 0.6 is 0 Å². The van der Waals surface area contributed by atoms with Crippen LogP contribution in [0.2, 0.25) is 18.1 Å². The molecule has 4 atom stereocenters. The Kier molecular flexibility index (Phi) is 12.0. The Bertz CT molecular complexity index is 2600. The second kappa shape index (κ2) is 16.8. The smallest absolute Gasteiger partial charge is 0.415 e. The highest BCUT2D eigenvalue weighted by Crippen LogP contribution is 2.60. The van der Waals surface area contributed by atoms with Gasteiger partial charge in [0.25, 0.3) is 5.88 Å². The molecule has 3 aliphatic carbocycles. The molecule has 2 N–H and O–H groups in total. The molecular weight excluding hydrogens is 860 g/mol. The van der Waals surface area contributed by atoms with Gasteiger partial charge in [-0.3, -0.25) is 19.4 Å². The predicted octanol–water partition coefficient (Wildman–Crippen LogP) is 10.0. The normalized spacial score (nSPS) is 22.8. The van der Waals surface area contributed by atoms with Crippen molar-refractivity contribution in [1.29, 1.82) is 0 Å². The van der Waals surface area contributed by atoms with E-state index in [9.17, 15) is 9.90 Å². The molecule has 0 radical (unpaired) electrons. The molecule has 4 aromatic rings. The lowest BCUT2D eigenvalue weighted by Crippen LogP contribution is -2.65. The molecule has 1 aliphatic heterocycles. The van der Waals surface area contributed by atoms with E-state index in [4.69, 9.17) is 23.2 Å². The molecule has 0 unspecified atom stereocenters. The highest BCUT2D eigenvalue weighted by atomic mass is 28.4. The van der Waals surface area contributed by atoms with Crippen molar-refractivity contribution in [2.24, 2.45) is 11.8 Å². The van der Waals surface area contributed by atoms with Crippen LogP contribution in [-0.2, 0) is 35.3 Å². The molecule has 0 bridgehead atoms. The second-order valence-corrected chi connectivity index (χ2v) is 26.3. The number of Topliss-reactive ketones (excluding diaryl/α,β-unsaturated/α-hetero) is 2. The average molecular weight is 923 g/mol. The minimum atomic E-state index is -3.03. The first-order valence-electron chi connectivity index (χ1n) is 22.7. The monoisotopic (exact) mass is 922 g/mol. The largest absolute Gasteiger partial charge is 0.508 e. The van der Waals surface area contributed by atoms with E-state index in [2.05, 4.69) is 10.5 Å². The molecule has 66 heavy (non-hydrogen) atoms. The molecule has 352 valence electrons. The van der Waals surface area contributed by atoms with E-state index < -0.39 is 77.2 Å². The van der Waals surface area contributed by atoms with Gasteiger partial charge in [0, 0.05) is 41.2 Å². The molecule has 15 heteroatoms. The van der Waals surface area contributed by atoms with Gasteiger partial charge in [-0.2, -0.15) is 0 Å². The third-order valence-corrected chi connectivity index (χ3v) is 18.3. The predicted molar refractivity (Wildman–Crippen MR) is 250 cm³/mol. The highest BCUT2D eigenvalue weighted by molar-refractivity contribution is 6.74. The lowest BCUT2D eigenvalue weighted by atomic mass is 9.58. The molecule has 0 spiro atoms. The van der Waals surface area contributed by atoms with Crippen molar-refractivity contribution in [3.05, 3.63) is 117 Å². The number of anilines is 1. The summed E-state index contributed by atoms with van der Waals surface area (Å²) in [5.74, 6) is -3.92. The van der Waals surface area contributed by atoms with E-state index in [-0.39, 0.29) is 90.0 Å². The van der Waals surface area contributed by atoms with Gasteiger partial charge in [0.1, 0.15) is 36.0 Å². The lowest BCUT2D eigenvalue weighted by Gasteiger charge is -2.55. The van der Waals surface area contributed by atoms with Gasteiger partial charge >= 0.3 is 6.09 Å². The zero-order chi connectivity index (χ0) is 47.9. The maximum absolute atomic E-state index is 17.8. The topological polar surface area (TPSA) is 153 Å². The first-order chi connectivity index (χ1) is 30.9. The number of fused-ring (bicyclic) bond motifs is 5. The summed E-state index contributed by atoms with van der Waals surface area (Å²) in [6.45, 7) is 19.3. The number of allylic oxidation sites excluding steroid dienone is 1. The number of aliphatic hydroxyl groups is 1. The SMILES string of the molecule is CN(C)[C@@H]1c2onc(OCc3ccccc3)c2C(=O)[C@@]2(O[Si](C)(C)C(C)(C)C)C(O)=C3C(=O)c4c(c(F)c5c(c4OCc4ccccc4)N(C(=O)OC(C)(C)C)CC(C)(C)NC5)C[C@H]3C[C@@H]12. The number of halogens is 1. The molecule has 13 nitrogen and oxygen atoms in total. The van der Waals surface area contributed by atoms with Crippen LogP contribution in [-0.4, -0.2) is 78.5 Å². The Morgan fingerprint density at radius 2 is 1.56 bits per heavy atom. The molecule has 1 amide bonds. The van der Waals surface area contributed by atoms with Crippen LogP contribution in [0.3, 0.4) is 0 Å². The number of rotatable bonds is 9. The number of hydrogen-bond acceptors (Lipinski definition) is 12. The van der Waals surface area contributed by atoms with Crippen molar-refractivity contribution in [2.75, 3.05) is 25.5 Å². The summed E-state index contributed by atoms with van der Waals surface area (Å²) >= 11 is 0. The Labute approximate surface area is 387 Å². The van der Waals surface area contributed by atoms with Crippen LogP contribution in [0.25, 0.3) is 0 Å². The summed E-state index contributed by atoms with van der Waals surface area (Å²) < 4.78 is 50.1. The van der Waals surface area contributed by atoms with Crippen LogP contribution < -0.4 is 19.7 Å². The maximum atomic E-state index is 17.8. The molecule has 0 fully saturated rings. The van der Waals surface area contributed by atoms with Crippen molar-refractivity contribution in [1.82, 2.24) is 15.4 Å². The maximum Gasteiger partial charge on any atom is 0.415 e. The number of hydrogen-bond donors (Lipinski definition) is 2. The summed E-state index contributed by atoms with van der Waals surface area (Å²) in [6, 6.07) is 18.1. The molecule has 2 heterocycles. The highest BCUT2D eigenvalue weighted by Gasteiger charge is 2.67. The number of ketones is 2. The lowest BCUT2D eigenvalue weighted by molar-refractivity contribution is -0.0481. The van der Waals surface area contributed by atoms with Gasteiger partial charge in [0.2, 0.25) is 5.78 Å². The van der Waals surface area contributed by atoms with Gasteiger partial charge in [-0.05, 0) is 102 Å². The fourth-order valence-corrected chi connectivity index (χ4v) is 11.2. The Balaban J connectivity index is 1.37. The first kappa shape index (κ1) is 47.2. The van der Waals surface area contributed by atoms with Crippen molar-refractivity contribution >= 4 is 31.7 Å². The number of nitrogens with one attached hydrogen (secondary N) is 1. The van der Waals surface area contributed by atoms with Gasteiger partial charge < -0.3 is 33.6 Å². The Morgan fingerprint density at radius 1 is 0.955 bits per heavy atom. The van der Waals surface area contributed by atoms with E-state index >= 15 is 14.0 Å².